The molecule has 0 aliphatic rings. The summed E-state index contributed by atoms with van der Waals surface area (Å²) in [5.41, 5.74) is 0. The standard InChI is InChI=1S/C10H18F4O3S.Na/c1-2-3-4-5-6-7-8-9(11,12)10(13,14)18(15,16)17;/h2-8H2,1H3,(H,15,16,17);/q;+1/p-1. The van der Waals surface area contributed by atoms with Gasteiger partial charge in [0.15, 0.2) is 10.1 Å². The van der Waals surface area contributed by atoms with E-state index in [1.54, 1.807) is 0 Å². The van der Waals surface area contributed by atoms with Crippen LogP contribution in [-0.2, 0) is 10.1 Å². The largest absolute Gasteiger partial charge is 1.00 e. The molecule has 19 heavy (non-hydrogen) atoms. The normalized spacial score (nSPS) is 13.2. The number of unbranched alkanes of at least 4 members (excludes halogenated alkanes) is 5. The van der Waals surface area contributed by atoms with Crippen LogP contribution < -0.4 is 29.6 Å². The maximum absolute atomic E-state index is 12.9. The second-order valence-corrected chi connectivity index (χ2v) is 5.61. The van der Waals surface area contributed by atoms with E-state index in [1.807, 2.05) is 6.92 Å². The fraction of sp³-hybridized carbons (Fsp3) is 1.00. The third-order valence-corrected chi connectivity index (χ3v) is 3.51. The van der Waals surface area contributed by atoms with Crippen LogP contribution in [0.1, 0.15) is 51.9 Å². The first-order chi connectivity index (χ1) is 8.06. The monoisotopic (exact) mass is 316 g/mol. The van der Waals surface area contributed by atoms with Crippen LogP contribution in [0, 0.1) is 0 Å². The molecule has 0 radical (unpaired) electrons. The molecule has 0 bridgehead atoms. The first-order valence-corrected chi connectivity index (χ1v) is 7.18. The fourth-order valence-electron chi connectivity index (χ4n) is 1.46. The molecular formula is C10H17F4NaO3S. The van der Waals surface area contributed by atoms with Gasteiger partial charge in [0.1, 0.15) is 0 Å². The van der Waals surface area contributed by atoms with Crippen molar-refractivity contribution in [3.8, 4) is 0 Å². The Hall–Kier alpha value is 0.630. The van der Waals surface area contributed by atoms with Crippen LogP contribution in [0.2, 0.25) is 0 Å². The summed E-state index contributed by atoms with van der Waals surface area (Å²) in [7, 11) is -6.34. The van der Waals surface area contributed by atoms with Crippen LogP contribution in [0.15, 0.2) is 0 Å². The Morgan fingerprint density at radius 3 is 1.79 bits per heavy atom. The van der Waals surface area contributed by atoms with Crippen LogP contribution in [0.5, 0.6) is 0 Å². The summed E-state index contributed by atoms with van der Waals surface area (Å²) in [5.74, 6) is -4.81. The van der Waals surface area contributed by atoms with E-state index in [0.29, 0.717) is 12.8 Å². The molecule has 0 fully saturated rings. The summed E-state index contributed by atoms with van der Waals surface area (Å²) in [6, 6.07) is 0. The molecule has 0 aromatic heterocycles. The van der Waals surface area contributed by atoms with Crippen molar-refractivity contribution in [3.63, 3.8) is 0 Å². The molecule has 0 aliphatic heterocycles. The minimum atomic E-state index is -6.34. The van der Waals surface area contributed by atoms with E-state index in [0.717, 1.165) is 19.3 Å². The number of halogens is 4. The molecule has 0 N–H and O–H groups in total. The molecule has 3 nitrogen and oxygen atoms in total. The van der Waals surface area contributed by atoms with Crippen molar-refractivity contribution in [2.45, 2.75) is 63.0 Å². The number of rotatable bonds is 9. The van der Waals surface area contributed by atoms with Crippen molar-refractivity contribution in [3.05, 3.63) is 0 Å². The van der Waals surface area contributed by atoms with Gasteiger partial charge in [-0.1, -0.05) is 39.0 Å². The average Bonchev–Trinajstić information content (AvgIpc) is 2.21. The zero-order valence-corrected chi connectivity index (χ0v) is 13.9. The molecule has 110 valence electrons. The van der Waals surface area contributed by atoms with Crippen molar-refractivity contribution < 1.29 is 60.1 Å². The van der Waals surface area contributed by atoms with E-state index in [1.165, 1.54) is 0 Å². The van der Waals surface area contributed by atoms with Crippen molar-refractivity contribution in [1.82, 2.24) is 0 Å². The van der Waals surface area contributed by atoms with Crippen molar-refractivity contribution in [2.24, 2.45) is 0 Å². The zero-order valence-electron chi connectivity index (χ0n) is 11.1. The molecular weight excluding hydrogens is 299 g/mol. The summed E-state index contributed by atoms with van der Waals surface area (Å²) in [4.78, 5) is 0. The smallest absolute Gasteiger partial charge is 0.743 e. The number of hydrogen-bond donors (Lipinski definition) is 0. The molecule has 0 unspecified atom stereocenters. The van der Waals surface area contributed by atoms with Gasteiger partial charge in [-0.25, -0.2) is 8.42 Å². The summed E-state index contributed by atoms with van der Waals surface area (Å²) < 4.78 is 81.5. The van der Waals surface area contributed by atoms with Gasteiger partial charge in [-0.05, 0) is 6.42 Å². The molecule has 9 heteroatoms. The van der Waals surface area contributed by atoms with Crippen LogP contribution in [-0.4, -0.2) is 24.1 Å². The molecule has 0 spiro atoms. The molecule has 0 amide bonds. The van der Waals surface area contributed by atoms with E-state index < -0.39 is 27.7 Å². The molecule has 0 aliphatic carbocycles. The molecule has 0 heterocycles. The van der Waals surface area contributed by atoms with Crippen molar-refractivity contribution in [1.29, 1.82) is 0 Å². The molecule has 0 atom stereocenters. The van der Waals surface area contributed by atoms with Gasteiger partial charge in [0.05, 0.1) is 0 Å². The minimum Gasteiger partial charge on any atom is -0.743 e. The first-order valence-electron chi connectivity index (χ1n) is 5.77. The van der Waals surface area contributed by atoms with E-state index in [9.17, 15) is 30.5 Å². The van der Waals surface area contributed by atoms with Crippen LogP contribution in [0.4, 0.5) is 17.6 Å². The van der Waals surface area contributed by atoms with E-state index >= 15 is 0 Å². The van der Waals surface area contributed by atoms with Crippen LogP contribution in [0.3, 0.4) is 0 Å². The minimum absolute atomic E-state index is 0. The third kappa shape index (κ3) is 6.75. The number of hydrogen-bond acceptors (Lipinski definition) is 3. The Labute approximate surface area is 133 Å². The first kappa shape index (κ1) is 21.9. The van der Waals surface area contributed by atoms with E-state index in [-0.39, 0.29) is 36.0 Å². The van der Waals surface area contributed by atoms with Gasteiger partial charge >= 0.3 is 40.7 Å². The summed E-state index contributed by atoms with van der Waals surface area (Å²) in [6.07, 6.45) is 2.11. The second-order valence-electron chi connectivity index (χ2n) is 4.19. The molecule has 0 aromatic rings. The quantitative estimate of drug-likeness (QED) is 0.270. The van der Waals surface area contributed by atoms with Gasteiger partial charge in [-0.3, -0.25) is 0 Å². The van der Waals surface area contributed by atoms with Gasteiger partial charge in [0, 0.05) is 6.42 Å². The molecule has 0 aromatic carbocycles. The average molecular weight is 316 g/mol. The number of alkyl halides is 4. The molecule has 0 rings (SSSR count). The Morgan fingerprint density at radius 2 is 1.37 bits per heavy atom. The summed E-state index contributed by atoms with van der Waals surface area (Å²) >= 11 is 0. The summed E-state index contributed by atoms with van der Waals surface area (Å²) in [5, 5.41) is -5.54. The Kier molecular flexibility index (Phi) is 10.2. The van der Waals surface area contributed by atoms with E-state index in [4.69, 9.17) is 0 Å². The molecule has 0 saturated carbocycles. The Bertz CT molecular complexity index is 347. The third-order valence-electron chi connectivity index (χ3n) is 2.58. The Balaban J connectivity index is 0. The topological polar surface area (TPSA) is 57.2 Å². The van der Waals surface area contributed by atoms with Crippen LogP contribution >= 0.6 is 0 Å². The fourth-order valence-corrected chi connectivity index (χ4v) is 1.92. The molecule has 0 saturated heterocycles. The maximum Gasteiger partial charge on any atom is 1.00 e. The van der Waals surface area contributed by atoms with E-state index in [2.05, 4.69) is 0 Å². The van der Waals surface area contributed by atoms with Crippen molar-refractivity contribution >= 4 is 10.1 Å². The SMILES string of the molecule is CCCCCCCCC(F)(F)C(F)(F)S(=O)(=O)[O-].[Na+]. The predicted octanol–water partition coefficient (Wildman–Crippen LogP) is 0.514. The Morgan fingerprint density at radius 1 is 0.947 bits per heavy atom. The predicted molar refractivity (Wildman–Crippen MR) is 57.6 cm³/mol. The van der Waals surface area contributed by atoms with Gasteiger partial charge in [0.25, 0.3) is 0 Å². The van der Waals surface area contributed by atoms with Crippen molar-refractivity contribution in [2.75, 3.05) is 0 Å². The summed E-state index contributed by atoms with van der Waals surface area (Å²) in [6.45, 7) is 1.97. The second kappa shape index (κ2) is 8.81. The zero-order chi connectivity index (χ0) is 14.4. The maximum atomic E-state index is 12.9. The van der Waals surface area contributed by atoms with Gasteiger partial charge in [-0.15, -0.1) is 0 Å². The van der Waals surface area contributed by atoms with Gasteiger partial charge < -0.3 is 4.55 Å². The van der Waals surface area contributed by atoms with Gasteiger partial charge in [-0.2, -0.15) is 17.6 Å². The van der Waals surface area contributed by atoms with Crippen LogP contribution in [0.25, 0.3) is 0 Å². The van der Waals surface area contributed by atoms with Gasteiger partial charge in [0.2, 0.25) is 0 Å².